The number of ketones is 2. The second kappa shape index (κ2) is 21.4. The molecule has 12 nitrogen and oxygen atoms in total. The number of amides is 4. The van der Waals surface area contributed by atoms with Crippen LogP contribution in [0.5, 0.6) is 0 Å². The number of alkyl carbamates (subject to hydrolysis) is 1. The normalized spacial score (nSPS) is 17.0. The molecule has 0 radical (unpaired) electrons. The highest BCUT2D eigenvalue weighted by molar-refractivity contribution is 6.09. The number of nitrogens with one attached hydrogen (secondary N) is 2. The lowest BCUT2D eigenvalue weighted by Gasteiger charge is -2.28. The number of ether oxygens (including phenoxy) is 1. The molecule has 4 amide bonds. The van der Waals surface area contributed by atoms with Crippen molar-refractivity contribution < 1.29 is 33.5 Å². The van der Waals surface area contributed by atoms with E-state index in [1.54, 1.807) is 34.1 Å². The Hall–Kier alpha value is -6.30. The van der Waals surface area contributed by atoms with E-state index in [0.29, 0.717) is 49.9 Å². The molecule has 4 aromatic carbocycles. The molecule has 2 aliphatic rings. The molecule has 0 bridgehead atoms. The standard InChI is InChI=1S/C52H61N5O7/c1-4-5-6-7-8-15-28-55-44-31-36(33-46(59)42-22-16-29-56(42)50(61)48(53-35(2)58)38-18-11-9-12-19-38)24-26-40(44)41-27-25-37(32-45(41)55)34-47(60)43-23-17-30-57(43)51(62)49(54-52(63)64-3)39-20-13-10-14-21-39/h9-14,18-21,24-27,31-32,42-43,48-49H,4-8,15-17,22-23,28-30,33-34H2,1-3H3,(H,53,58)(H,54,63)/t42-,43-,48+,49+/m0/s1. The lowest BCUT2D eigenvalue weighted by Crippen LogP contribution is -2.47. The molecule has 0 aliphatic carbocycles. The zero-order valence-electron chi connectivity index (χ0n) is 37.4. The van der Waals surface area contributed by atoms with Crippen LogP contribution in [0.2, 0.25) is 0 Å². The Morgan fingerprint density at radius 3 is 1.56 bits per heavy atom. The number of fused-ring (bicyclic) bond motifs is 3. The van der Waals surface area contributed by atoms with Crippen molar-refractivity contribution in [1.29, 1.82) is 0 Å². The molecule has 64 heavy (non-hydrogen) atoms. The number of unbranched alkanes of at least 4 members (excludes halogenated alkanes) is 5. The van der Waals surface area contributed by atoms with Gasteiger partial charge in [0.2, 0.25) is 11.8 Å². The van der Waals surface area contributed by atoms with E-state index in [0.717, 1.165) is 58.7 Å². The van der Waals surface area contributed by atoms with Crippen molar-refractivity contribution in [3.05, 3.63) is 119 Å². The highest BCUT2D eigenvalue weighted by Crippen LogP contribution is 2.33. The van der Waals surface area contributed by atoms with Crippen LogP contribution >= 0.6 is 0 Å². The van der Waals surface area contributed by atoms with Crippen LogP contribution in [0.25, 0.3) is 21.8 Å². The van der Waals surface area contributed by atoms with E-state index in [-0.39, 0.29) is 42.1 Å². The summed E-state index contributed by atoms with van der Waals surface area (Å²) in [4.78, 5) is 84.1. The Morgan fingerprint density at radius 1 is 0.625 bits per heavy atom. The fourth-order valence-electron chi connectivity index (χ4n) is 9.64. The average Bonchev–Trinajstić information content (AvgIpc) is 4.07. The van der Waals surface area contributed by atoms with Gasteiger partial charge < -0.3 is 29.7 Å². The quantitative estimate of drug-likeness (QED) is 0.0794. The first-order valence-corrected chi connectivity index (χ1v) is 23.0. The first-order chi connectivity index (χ1) is 31.1. The van der Waals surface area contributed by atoms with Crippen molar-refractivity contribution in [3.63, 3.8) is 0 Å². The van der Waals surface area contributed by atoms with Crippen molar-refractivity contribution >= 4 is 57.2 Å². The number of carbonyl (C=O) groups excluding carboxylic acids is 6. The van der Waals surface area contributed by atoms with Gasteiger partial charge in [-0.2, -0.15) is 0 Å². The van der Waals surface area contributed by atoms with Crippen LogP contribution in [0, 0.1) is 0 Å². The first kappa shape index (κ1) is 45.7. The average molecular weight is 868 g/mol. The summed E-state index contributed by atoms with van der Waals surface area (Å²) in [5.74, 6) is -1.02. The molecule has 3 heterocycles. The van der Waals surface area contributed by atoms with Crippen molar-refractivity contribution in [1.82, 2.24) is 25.0 Å². The van der Waals surface area contributed by atoms with Crippen LogP contribution in [-0.4, -0.2) is 82.0 Å². The van der Waals surface area contributed by atoms with E-state index in [2.05, 4.69) is 46.4 Å². The van der Waals surface area contributed by atoms with Gasteiger partial charge in [-0.1, -0.05) is 124 Å². The second-order valence-electron chi connectivity index (χ2n) is 17.3. The molecule has 0 unspecified atom stereocenters. The zero-order chi connectivity index (χ0) is 45.2. The summed E-state index contributed by atoms with van der Waals surface area (Å²) in [5.41, 5.74) is 5.03. The fraction of sp³-hybridized carbons (Fsp3) is 0.423. The largest absolute Gasteiger partial charge is 0.453 e. The Morgan fingerprint density at radius 2 is 1.09 bits per heavy atom. The summed E-state index contributed by atoms with van der Waals surface area (Å²) in [6, 6.07) is 27.4. The highest BCUT2D eigenvalue weighted by atomic mass is 16.5. The zero-order valence-corrected chi connectivity index (χ0v) is 37.4. The van der Waals surface area contributed by atoms with Gasteiger partial charge >= 0.3 is 6.09 Å². The van der Waals surface area contributed by atoms with E-state index in [1.807, 2.05) is 48.5 Å². The van der Waals surface area contributed by atoms with Crippen LogP contribution in [0.3, 0.4) is 0 Å². The maximum atomic E-state index is 14.1. The fourth-order valence-corrected chi connectivity index (χ4v) is 9.64. The van der Waals surface area contributed by atoms with Crippen molar-refractivity contribution in [2.45, 2.75) is 122 Å². The molecule has 12 heteroatoms. The molecule has 2 aliphatic heterocycles. The summed E-state index contributed by atoms with van der Waals surface area (Å²) in [7, 11) is 1.25. The number of Topliss-reactive ketones (excluding diaryl/α,β-unsaturated/α-hetero) is 2. The molecule has 2 saturated heterocycles. The lowest BCUT2D eigenvalue weighted by atomic mass is 9.98. The van der Waals surface area contributed by atoms with E-state index in [9.17, 15) is 28.8 Å². The van der Waals surface area contributed by atoms with Gasteiger partial charge in [0.1, 0.15) is 12.1 Å². The summed E-state index contributed by atoms with van der Waals surface area (Å²) >= 11 is 0. The highest BCUT2D eigenvalue weighted by Gasteiger charge is 2.39. The van der Waals surface area contributed by atoms with E-state index < -0.39 is 30.3 Å². The first-order valence-electron chi connectivity index (χ1n) is 23.0. The number of aryl methyl sites for hydroxylation is 1. The molecule has 5 aromatic rings. The molecule has 2 fully saturated rings. The summed E-state index contributed by atoms with van der Waals surface area (Å²) in [5, 5.41) is 7.61. The summed E-state index contributed by atoms with van der Waals surface area (Å²) < 4.78 is 7.16. The minimum atomic E-state index is -0.988. The predicted octanol–water partition coefficient (Wildman–Crippen LogP) is 8.33. The molecule has 0 spiro atoms. The molecular formula is C52H61N5O7. The number of rotatable bonds is 19. The van der Waals surface area contributed by atoms with Crippen molar-refractivity contribution in [2.75, 3.05) is 20.2 Å². The maximum absolute atomic E-state index is 14.1. The van der Waals surface area contributed by atoms with E-state index in [4.69, 9.17) is 4.74 Å². The van der Waals surface area contributed by atoms with Gasteiger partial charge in [-0.25, -0.2) is 4.79 Å². The van der Waals surface area contributed by atoms with Gasteiger partial charge in [-0.3, -0.25) is 24.0 Å². The topological polar surface area (TPSA) is 147 Å². The molecule has 336 valence electrons. The van der Waals surface area contributed by atoms with Gasteiger partial charge in [0.15, 0.2) is 11.6 Å². The third-order valence-electron chi connectivity index (χ3n) is 12.9. The second-order valence-corrected chi connectivity index (χ2v) is 17.3. The van der Waals surface area contributed by atoms with Crippen LogP contribution in [0.15, 0.2) is 97.1 Å². The number of benzene rings is 4. The van der Waals surface area contributed by atoms with Crippen LogP contribution < -0.4 is 10.6 Å². The van der Waals surface area contributed by atoms with Gasteiger partial charge in [-0.05, 0) is 66.5 Å². The number of methoxy groups -OCH3 is 1. The summed E-state index contributed by atoms with van der Waals surface area (Å²) in [6.45, 7) is 5.24. The minimum Gasteiger partial charge on any atom is -0.453 e. The lowest BCUT2D eigenvalue weighted by molar-refractivity contribution is -0.140. The monoisotopic (exact) mass is 867 g/mol. The molecule has 1 aromatic heterocycles. The van der Waals surface area contributed by atoms with Crippen LogP contribution in [0.1, 0.15) is 112 Å². The number of carbonyl (C=O) groups is 6. The number of hydrogen-bond donors (Lipinski definition) is 2. The predicted molar refractivity (Wildman–Crippen MR) is 247 cm³/mol. The van der Waals surface area contributed by atoms with Crippen LogP contribution in [-0.2, 0) is 48.1 Å². The van der Waals surface area contributed by atoms with Crippen molar-refractivity contribution in [2.24, 2.45) is 0 Å². The Bertz CT molecular complexity index is 2470. The van der Waals surface area contributed by atoms with Gasteiger partial charge in [-0.15, -0.1) is 0 Å². The number of aromatic nitrogens is 1. The summed E-state index contributed by atoms with van der Waals surface area (Å²) in [6.07, 6.45) is 8.90. The van der Waals surface area contributed by atoms with E-state index in [1.165, 1.54) is 33.3 Å². The molecule has 0 saturated carbocycles. The van der Waals surface area contributed by atoms with Crippen molar-refractivity contribution in [3.8, 4) is 0 Å². The van der Waals surface area contributed by atoms with Crippen LogP contribution in [0.4, 0.5) is 4.79 Å². The Kier molecular flexibility index (Phi) is 15.3. The number of nitrogens with zero attached hydrogens (tertiary/aromatic N) is 3. The third-order valence-corrected chi connectivity index (χ3v) is 12.9. The van der Waals surface area contributed by atoms with Gasteiger partial charge in [0, 0.05) is 61.2 Å². The third kappa shape index (κ3) is 10.5. The van der Waals surface area contributed by atoms with E-state index >= 15 is 0 Å². The maximum Gasteiger partial charge on any atom is 0.407 e. The SMILES string of the molecule is CCCCCCCCn1c2cc(CC(=O)[C@@H]3CCCN3C(=O)[C@H](NC(C)=O)c3ccccc3)ccc2c2ccc(CC(=O)[C@@H]3CCCN3C(=O)[C@H](NC(=O)OC)c3ccccc3)cc21. The Labute approximate surface area is 375 Å². The minimum absolute atomic E-state index is 0.0326. The molecule has 2 N–H and O–H groups in total. The number of likely N-dealkylation sites (tertiary alicyclic amines) is 2. The molecule has 4 atom stereocenters. The smallest absolute Gasteiger partial charge is 0.407 e. The molecule has 7 rings (SSSR count). The van der Waals surface area contributed by atoms with Gasteiger partial charge in [0.05, 0.1) is 19.2 Å². The Balaban J connectivity index is 1.12. The number of hydrogen-bond acceptors (Lipinski definition) is 7. The van der Waals surface area contributed by atoms with Gasteiger partial charge in [0.25, 0.3) is 5.91 Å². The molecular weight excluding hydrogens is 807 g/mol.